The number of hydrogen-bond acceptors (Lipinski definition) is 3. The molecule has 0 saturated carbocycles. The lowest BCUT2D eigenvalue weighted by Gasteiger charge is -2.38. The van der Waals surface area contributed by atoms with Crippen molar-refractivity contribution in [1.29, 1.82) is 0 Å². The van der Waals surface area contributed by atoms with Crippen LogP contribution in [0.15, 0.2) is 24.3 Å². The third kappa shape index (κ3) is 3.77. The maximum absolute atomic E-state index is 13.0. The fourth-order valence-corrected chi connectivity index (χ4v) is 2.81. The number of piperazine rings is 1. The summed E-state index contributed by atoms with van der Waals surface area (Å²) in [6.45, 7) is 5.47. The Morgan fingerprint density at radius 3 is 2.35 bits per heavy atom. The number of carboxylic acid groups (broad SMARTS) is 1. The van der Waals surface area contributed by atoms with Crippen LogP contribution < -0.4 is 0 Å². The van der Waals surface area contributed by atoms with Crippen LogP contribution in [0, 0.1) is 5.82 Å². The summed E-state index contributed by atoms with van der Waals surface area (Å²) < 4.78 is 13.0. The molecule has 0 spiro atoms. The Hall–Kier alpha value is -1.46. The van der Waals surface area contributed by atoms with Crippen molar-refractivity contribution in [3.05, 3.63) is 35.6 Å². The topological polar surface area (TPSA) is 43.8 Å². The Morgan fingerprint density at radius 1 is 1.25 bits per heavy atom. The van der Waals surface area contributed by atoms with Crippen LogP contribution in [0.3, 0.4) is 0 Å². The predicted octanol–water partition coefficient (Wildman–Crippen LogP) is 1.98. The van der Waals surface area contributed by atoms with Gasteiger partial charge in [0, 0.05) is 32.2 Å². The molecule has 0 amide bonds. The van der Waals surface area contributed by atoms with Crippen molar-refractivity contribution in [1.82, 2.24) is 9.80 Å². The second-order valence-corrected chi connectivity index (χ2v) is 5.18. The van der Waals surface area contributed by atoms with Gasteiger partial charge in [0.2, 0.25) is 0 Å². The summed E-state index contributed by atoms with van der Waals surface area (Å²) in [5, 5.41) is 8.80. The average molecular weight is 280 g/mol. The Morgan fingerprint density at radius 2 is 1.85 bits per heavy atom. The highest BCUT2D eigenvalue weighted by Crippen LogP contribution is 2.25. The number of rotatable bonds is 5. The molecule has 0 radical (unpaired) electrons. The molecule has 1 aliphatic heterocycles. The lowest BCUT2D eigenvalue weighted by atomic mass is 10.0. The molecule has 0 aromatic heterocycles. The van der Waals surface area contributed by atoms with Crippen LogP contribution in [0.25, 0.3) is 0 Å². The maximum atomic E-state index is 13.0. The highest BCUT2D eigenvalue weighted by molar-refractivity contribution is 5.69. The van der Waals surface area contributed by atoms with E-state index in [1.165, 1.54) is 12.1 Å². The van der Waals surface area contributed by atoms with Crippen LogP contribution in [0.1, 0.15) is 24.9 Å². The maximum Gasteiger partial charge on any atom is 0.317 e. The summed E-state index contributed by atoms with van der Waals surface area (Å²) in [4.78, 5) is 15.0. The molecule has 1 N–H and O–H groups in total. The molecule has 0 aliphatic carbocycles. The number of aliphatic carboxylic acids is 1. The summed E-state index contributed by atoms with van der Waals surface area (Å²) in [6, 6.07) is 6.96. The minimum Gasteiger partial charge on any atom is -0.480 e. The summed E-state index contributed by atoms with van der Waals surface area (Å²) in [7, 11) is 0. The smallest absolute Gasteiger partial charge is 0.317 e. The zero-order valence-corrected chi connectivity index (χ0v) is 11.8. The largest absolute Gasteiger partial charge is 0.480 e. The molecule has 1 saturated heterocycles. The van der Waals surface area contributed by atoms with Gasteiger partial charge in [0.25, 0.3) is 0 Å². The first kappa shape index (κ1) is 14.9. The van der Waals surface area contributed by atoms with Gasteiger partial charge in [-0.2, -0.15) is 0 Å². The number of carboxylic acids is 1. The Kier molecular flexibility index (Phi) is 5.09. The van der Waals surface area contributed by atoms with Gasteiger partial charge in [-0.1, -0.05) is 19.1 Å². The molecular formula is C15H21FN2O2. The minimum absolute atomic E-state index is 0.112. The zero-order valence-electron chi connectivity index (χ0n) is 11.8. The summed E-state index contributed by atoms with van der Waals surface area (Å²) in [5.41, 5.74) is 1.13. The molecule has 5 heteroatoms. The first-order valence-electron chi connectivity index (χ1n) is 7.04. The van der Waals surface area contributed by atoms with Gasteiger partial charge in [0.05, 0.1) is 6.54 Å². The van der Waals surface area contributed by atoms with Crippen LogP contribution in [-0.4, -0.2) is 53.6 Å². The molecule has 1 unspecified atom stereocenters. The predicted molar refractivity (Wildman–Crippen MR) is 75.1 cm³/mol. The quantitative estimate of drug-likeness (QED) is 0.895. The van der Waals surface area contributed by atoms with Crippen molar-refractivity contribution < 1.29 is 14.3 Å². The molecule has 2 rings (SSSR count). The highest BCUT2D eigenvalue weighted by atomic mass is 19.1. The van der Waals surface area contributed by atoms with Gasteiger partial charge in [-0.15, -0.1) is 0 Å². The van der Waals surface area contributed by atoms with E-state index in [9.17, 15) is 9.18 Å². The summed E-state index contributed by atoms with van der Waals surface area (Å²) in [6.07, 6.45) is 0.963. The summed E-state index contributed by atoms with van der Waals surface area (Å²) in [5.74, 6) is -0.987. The monoisotopic (exact) mass is 280 g/mol. The molecule has 1 heterocycles. The van der Waals surface area contributed by atoms with Crippen molar-refractivity contribution in [3.63, 3.8) is 0 Å². The van der Waals surface area contributed by atoms with E-state index in [0.717, 1.165) is 38.2 Å². The lowest BCUT2D eigenvalue weighted by molar-refractivity contribution is -0.138. The highest BCUT2D eigenvalue weighted by Gasteiger charge is 2.24. The standard InChI is InChI=1S/C15H21FN2O2/c1-2-14(12-3-5-13(16)6-4-12)18-9-7-17(8-10-18)11-15(19)20/h3-6,14H,2,7-11H2,1H3,(H,19,20). The molecule has 4 nitrogen and oxygen atoms in total. The minimum atomic E-state index is -0.774. The van der Waals surface area contributed by atoms with Gasteiger partial charge in [0.1, 0.15) is 5.82 Å². The Bertz CT molecular complexity index is 442. The normalized spacial score (nSPS) is 18.9. The molecule has 1 aliphatic rings. The molecular weight excluding hydrogens is 259 g/mol. The van der Waals surface area contributed by atoms with Crippen molar-refractivity contribution in [2.75, 3.05) is 32.7 Å². The van der Waals surface area contributed by atoms with E-state index < -0.39 is 5.97 Å². The SMILES string of the molecule is CCC(c1ccc(F)cc1)N1CCN(CC(=O)O)CC1. The first-order chi connectivity index (χ1) is 9.60. The second kappa shape index (κ2) is 6.81. The van der Waals surface area contributed by atoms with Crippen LogP contribution in [-0.2, 0) is 4.79 Å². The van der Waals surface area contributed by atoms with Gasteiger partial charge >= 0.3 is 5.97 Å². The number of hydrogen-bond donors (Lipinski definition) is 1. The van der Waals surface area contributed by atoms with Gasteiger partial charge in [-0.05, 0) is 24.1 Å². The van der Waals surface area contributed by atoms with E-state index in [1.54, 1.807) is 0 Å². The molecule has 20 heavy (non-hydrogen) atoms. The van der Waals surface area contributed by atoms with Gasteiger partial charge < -0.3 is 5.11 Å². The van der Waals surface area contributed by atoms with Gasteiger partial charge in [0.15, 0.2) is 0 Å². The van der Waals surface area contributed by atoms with E-state index in [-0.39, 0.29) is 18.4 Å². The van der Waals surface area contributed by atoms with Crippen molar-refractivity contribution in [2.45, 2.75) is 19.4 Å². The molecule has 1 aromatic rings. The Balaban J connectivity index is 1.96. The van der Waals surface area contributed by atoms with Crippen molar-refractivity contribution in [2.24, 2.45) is 0 Å². The van der Waals surface area contributed by atoms with Crippen molar-refractivity contribution in [3.8, 4) is 0 Å². The van der Waals surface area contributed by atoms with E-state index >= 15 is 0 Å². The third-order valence-corrected chi connectivity index (χ3v) is 3.85. The van der Waals surface area contributed by atoms with E-state index in [4.69, 9.17) is 5.11 Å². The first-order valence-corrected chi connectivity index (χ1v) is 7.04. The number of carbonyl (C=O) groups is 1. The fourth-order valence-electron chi connectivity index (χ4n) is 2.81. The molecule has 1 atom stereocenters. The van der Waals surface area contributed by atoms with E-state index in [1.807, 2.05) is 17.0 Å². The van der Waals surface area contributed by atoms with Crippen molar-refractivity contribution >= 4 is 5.97 Å². The fraction of sp³-hybridized carbons (Fsp3) is 0.533. The second-order valence-electron chi connectivity index (χ2n) is 5.18. The molecule has 1 aromatic carbocycles. The van der Waals surface area contributed by atoms with Crippen LogP contribution in [0.4, 0.5) is 4.39 Å². The van der Waals surface area contributed by atoms with E-state index in [0.29, 0.717) is 0 Å². The average Bonchev–Trinajstić information content (AvgIpc) is 2.43. The Labute approximate surface area is 118 Å². The van der Waals surface area contributed by atoms with Crippen LogP contribution >= 0.6 is 0 Å². The zero-order chi connectivity index (χ0) is 14.5. The van der Waals surface area contributed by atoms with Gasteiger partial charge in [-0.3, -0.25) is 14.6 Å². The third-order valence-electron chi connectivity index (χ3n) is 3.85. The number of benzene rings is 1. The molecule has 110 valence electrons. The van der Waals surface area contributed by atoms with Gasteiger partial charge in [-0.25, -0.2) is 4.39 Å². The number of nitrogens with zero attached hydrogens (tertiary/aromatic N) is 2. The lowest BCUT2D eigenvalue weighted by Crippen LogP contribution is -2.48. The molecule has 1 fully saturated rings. The molecule has 0 bridgehead atoms. The van der Waals surface area contributed by atoms with Crippen LogP contribution in [0.5, 0.6) is 0 Å². The number of halogens is 1. The van der Waals surface area contributed by atoms with E-state index in [2.05, 4.69) is 11.8 Å². The summed E-state index contributed by atoms with van der Waals surface area (Å²) >= 11 is 0. The van der Waals surface area contributed by atoms with Crippen LogP contribution in [0.2, 0.25) is 0 Å².